The molecular formula is C14H18FNO2. The minimum atomic E-state index is -0.506. The summed E-state index contributed by atoms with van der Waals surface area (Å²) in [6, 6.07) is 3.74. The predicted molar refractivity (Wildman–Crippen MR) is 67.0 cm³/mol. The van der Waals surface area contributed by atoms with Crippen molar-refractivity contribution in [1.82, 2.24) is 4.90 Å². The van der Waals surface area contributed by atoms with E-state index in [0.717, 1.165) is 31.4 Å². The summed E-state index contributed by atoms with van der Waals surface area (Å²) < 4.78 is 13.2. The molecule has 18 heavy (non-hydrogen) atoms. The highest BCUT2D eigenvalue weighted by Crippen LogP contribution is 2.30. The van der Waals surface area contributed by atoms with E-state index in [-0.39, 0.29) is 29.3 Å². The van der Waals surface area contributed by atoms with Gasteiger partial charge in [0.05, 0.1) is 5.56 Å². The molecule has 0 radical (unpaired) electrons. The SMILES string of the molecule is CC(C)N(C(=O)c1cc(F)ccc1O)C1CCC1. The van der Waals surface area contributed by atoms with Gasteiger partial charge in [0.25, 0.3) is 5.91 Å². The molecule has 1 fully saturated rings. The highest BCUT2D eigenvalue weighted by molar-refractivity contribution is 5.97. The molecule has 1 amide bonds. The standard InChI is InChI=1S/C14H18FNO2/c1-9(2)16(11-4-3-5-11)14(18)12-8-10(15)6-7-13(12)17/h6-9,11,17H,3-5H2,1-2H3. The molecule has 0 unspecified atom stereocenters. The summed E-state index contributed by atoms with van der Waals surface area (Å²) in [7, 11) is 0. The number of benzene rings is 1. The number of nitrogens with zero attached hydrogens (tertiary/aromatic N) is 1. The Kier molecular flexibility index (Phi) is 3.55. The summed E-state index contributed by atoms with van der Waals surface area (Å²) in [5, 5.41) is 9.69. The first-order valence-electron chi connectivity index (χ1n) is 6.32. The quantitative estimate of drug-likeness (QED) is 0.897. The zero-order valence-corrected chi connectivity index (χ0v) is 10.7. The number of aromatic hydroxyl groups is 1. The van der Waals surface area contributed by atoms with Crippen LogP contribution in [0.25, 0.3) is 0 Å². The van der Waals surface area contributed by atoms with Crippen molar-refractivity contribution >= 4 is 5.91 Å². The maximum Gasteiger partial charge on any atom is 0.258 e. The van der Waals surface area contributed by atoms with Crippen LogP contribution in [-0.2, 0) is 0 Å². The number of halogens is 1. The molecule has 0 aliphatic heterocycles. The van der Waals surface area contributed by atoms with Gasteiger partial charge < -0.3 is 10.0 Å². The molecule has 1 aromatic carbocycles. The number of carbonyl (C=O) groups is 1. The van der Waals surface area contributed by atoms with E-state index in [2.05, 4.69) is 0 Å². The first-order chi connectivity index (χ1) is 8.50. The number of hydrogen-bond acceptors (Lipinski definition) is 2. The van der Waals surface area contributed by atoms with Crippen LogP contribution >= 0.6 is 0 Å². The van der Waals surface area contributed by atoms with Crippen LogP contribution in [0.5, 0.6) is 5.75 Å². The second-order valence-corrected chi connectivity index (χ2v) is 5.05. The molecule has 0 bridgehead atoms. The van der Waals surface area contributed by atoms with Crippen molar-refractivity contribution in [2.24, 2.45) is 0 Å². The molecule has 3 nitrogen and oxygen atoms in total. The average Bonchev–Trinajstić information content (AvgIpc) is 2.25. The second kappa shape index (κ2) is 4.96. The van der Waals surface area contributed by atoms with E-state index >= 15 is 0 Å². The van der Waals surface area contributed by atoms with Gasteiger partial charge in [-0.15, -0.1) is 0 Å². The molecule has 0 atom stereocenters. The lowest BCUT2D eigenvalue weighted by Crippen LogP contribution is -2.48. The molecule has 1 aliphatic carbocycles. The van der Waals surface area contributed by atoms with Crippen molar-refractivity contribution in [2.75, 3.05) is 0 Å². The van der Waals surface area contributed by atoms with E-state index in [1.54, 1.807) is 4.90 Å². The molecule has 1 aromatic rings. The van der Waals surface area contributed by atoms with Gasteiger partial charge in [0.15, 0.2) is 0 Å². The molecular weight excluding hydrogens is 233 g/mol. The van der Waals surface area contributed by atoms with Gasteiger partial charge >= 0.3 is 0 Å². The van der Waals surface area contributed by atoms with Crippen LogP contribution in [0.4, 0.5) is 4.39 Å². The molecule has 0 spiro atoms. The van der Waals surface area contributed by atoms with E-state index in [4.69, 9.17) is 0 Å². The molecule has 0 saturated heterocycles. The summed E-state index contributed by atoms with van der Waals surface area (Å²) in [6.45, 7) is 3.87. The summed E-state index contributed by atoms with van der Waals surface area (Å²) in [6.07, 6.45) is 3.09. The molecule has 1 aliphatic rings. The maximum atomic E-state index is 13.2. The lowest BCUT2D eigenvalue weighted by molar-refractivity contribution is 0.0486. The normalized spacial score (nSPS) is 15.6. The van der Waals surface area contributed by atoms with Gasteiger partial charge in [-0.05, 0) is 51.3 Å². The third kappa shape index (κ3) is 2.33. The van der Waals surface area contributed by atoms with Crippen molar-refractivity contribution in [3.63, 3.8) is 0 Å². The lowest BCUT2D eigenvalue weighted by atomic mass is 9.90. The number of hydrogen-bond donors (Lipinski definition) is 1. The highest BCUT2D eigenvalue weighted by Gasteiger charge is 2.32. The van der Waals surface area contributed by atoms with E-state index in [1.165, 1.54) is 6.07 Å². The van der Waals surface area contributed by atoms with Gasteiger partial charge in [0.2, 0.25) is 0 Å². The number of rotatable bonds is 3. The van der Waals surface area contributed by atoms with Gasteiger partial charge in [-0.3, -0.25) is 4.79 Å². The predicted octanol–water partition coefficient (Wildman–Crippen LogP) is 2.93. The van der Waals surface area contributed by atoms with Crippen molar-refractivity contribution in [1.29, 1.82) is 0 Å². The van der Waals surface area contributed by atoms with E-state index in [9.17, 15) is 14.3 Å². The van der Waals surface area contributed by atoms with Gasteiger partial charge in [-0.2, -0.15) is 0 Å². The van der Waals surface area contributed by atoms with Gasteiger partial charge in [0, 0.05) is 12.1 Å². The molecule has 2 rings (SSSR count). The Morgan fingerprint density at radius 3 is 2.61 bits per heavy atom. The molecule has 4 heteroatoms. The van der Waals surface area contributed by atoms with Gasteiger partial charge in [-0.25, -0.2) is 4.39 Å². The van der Waals surface area contributed by atoms with E-state index in [0.29, 0.717) is 0 Å². The Morgan fingerprint density at radius 2 is 2.11 bits per heavy atom. The molecule has 1 saturated carbocycles. The molecule has 0 aromatic heterocycles. The van der Waals surface area contributed by atoms with Crippen molar-refractivity contribution in [2.45, 2.75) is 45.2 Å². The summed E-state index contributed by atoms with van der Waals surface area (Å²) >= 11 is 0. The molecule has 98 valence electrons. The topological polar surface area (TPSA) is 40.5 Å². The zero-order valence-electron chi connectivity index (χ0n) is 10.7. The van der Waals surface area contributed by atoms with Crippen molar-refractivity contribution < 1.29 is 14.3 Å². The molecule has 1 N–H and O–H groups in total. The van der Waals surface area contributed by atoms with Crippen LogP contribution in [0.15, 0.2) is 18.2 Å². The van der Waals surface area contributed by atoms with Gasteiger partial charge in [-0.1, -0.05) is 0 Å². The lowest BCUT2D eigenvalue weighted by Gasteiger charge is -2.40. The third-order valence-corrected chi connectivity index (χ3v) is 3.45. The second-order valence-electron chi connectivity index (χ2n) is 5.05. The van der Waals surface area contributed by atoms with Crippen LogP contribution < -0.4 is 0 Å². The first-order valence-corrected chi connectivity index (χ1v) is 6.32. The number of amides is 1. The van der Waals surface area contributed by atoms with E-state index in [1.807, 2.05) is 13.8 Å². The average molecular weight is 251 g/mol. The van der Waals surface area contributed by atoms with E-state index < -0.39 is 5.82 Å². The van der Waals surface area contributed by atoms with Crippen molar-refractivity contribution in [3.05, 3.63) is 29.6 Å². The Balaban J connectivity index is 2.30. The first kappa shape index (κ1) is 12.9. The third-order valence-electron chi connectivity index (χ3n) is 3.45. The zero-order chi connectivity index (χ0) is 13.3. The number of phenols is 1. The Hall–Kier alpha value is -1.58. The van der Waals surface area contributed by atoms with Crippen molar-refractivity contribution in [3.8, 4) is 5.75 Å². The summed E-state index contributed by atoms with van der Waals surface area (Å²) in [5.41, 5.74) is 0.0515. The highest BCUT2D eigenvalue weighted by atomic mass is 19.1. The van der Waals surface area contributed by atoms with Gasteiger partial charge in [0.1, 0.15) is 11.6 Å². The summed E-state index contributed by atoms with van der Waals surface area (Å²) in [5.74, 6) is -0.952. The van der Waals surface area contributed by atoms with Crippen LogP contribution in [-0.4, -0.2) is 28.0 Å². The fourth-order valence-corrected chi connectivity index (χ4v) is 2.31. The minimum Gasteiger partial charge on any atom is -0.507 e. The Bertz CT molecular complexity index is 455. The van der Waals surface area contributed by atoms with Crippen LogP contribution in [0.1, 0.15) is 43.5 Å². The molecule has 0 heterocycles. The summed E-state index contributed by atoms with van der Waals surface area (Å²) in [4.78, 5) is 14.1. The fraction of sp³-hybridized carbons (Fsp3) is 0.500. The largest absolute Gasteiger partial charge is 0.507 e. The number of phenolic OH excluding ortho intramolecular Hbond substituents is 1. The fourth-order valence-electron chi connectivity index (χ4n) is 2.31. The Morgan fingerprint density at radius 1 is 1.44 bits per heavy atom. The minimum absolute atomic E-state index is 0.0467. The number of carbonyl (C=O) groups excluding carboxylic acids is 1. The van der Waals surface area contributed by atoms with Crippen LogP contribution in [0.3, 0.4) is 0 Å². The maximum absolute atomic E-state index is 13.2. The van der Waals surface area contributed by atoms with Crippen LogP contribution in [0, 0.1) is 5.82 Å². The van der Waals surface area contributed by atoms with Crippen LogP contribution in [0.2, 0.25) is 0 Å². The smallest absolute Gasteiger partial charge is 0.258 e. The monoisotopic (exact) mass is 251 g/mol. The Labute approximate surface area is 106 Å².